The van der Waals surface area contributed by atoms with Crippen LogP contribution in [-0.2, 0) is 20.7 Å². The number of hydrogen-bond acceptors (Lipinski definition) is 4. The highest BCUT2D eigenvalue weighted by Gasteiger charge is 2.51. The van der Waals surface area contributed by atoms with Gasteiger partial charge in [0.2, 0.25) is 0 Å². The molecular formula is C16H21NO4. The average molecular weight is 291 g/mol. The minimum atomic E-state index is -1.63. The lowest BCUT2D eigenvalue weighted by atomic mass is 9.70. The summed E-state index contributed by atoms with van der Waals surface area (Å²) in [7, 11) is 0. The molecule has 0 saturated carbocycles. The van der Waals surface area contributed by atoms with Gasteiger partial charge in [-0.3, -0.25) is 9.59 Å². The molecule has 0 aromatic heterocycles. The van der Waals surface area contributed by atoms with Gasteiger partial charge in [0.15, 0.2) is 0 Å². The summed E-state index contributed by atoms with van der Waals surface area (Å²) in [6.45, 7) is 5.25. The summed E-state index contributed by atoms with van der Waals surface area (Å²) in [5.74, 6) is -2.74. The summed E-state index contributed by atoms with van der Waals surface area (Å²) in [6.07, 6.45) is 0.752. The molecular weight excluding hydrogens is 270 g/mol. The standard InChI is InChI=1S/C16H21NO4/c1-15(2,3)21-13(18)12-11-7-5-4-6-10(11)8-9-16(12,17)14(19)20/h4-7,12H,8-9,17H2,1-3H3,(H,19,20)/t12-,16-/m0/s1. The zero-order valence-corrected chi connectivity index (χ0v) is 12.6. The van der Waals surface area contributed by atoms with E-state index in [0.29, 0.717) is 12.0 Å². The second kappa shape index (κ2) is 5.15. The molecule has 3 N–H and O–H groups in total. The van der Waals surface area contributed by atoms with Gasteiger partial charge in [0.25, 0.3) is 0 Å². The molecule has 0 spiro atoms. The van der Waals surface area contributed by atoms with Gasteiger partial charge in [-0.05, 0) is 44.7 Å². The lowest BCUT2D eigenvalue weighted by Crippen LogP contribution is -2.58. The lowest BCUT2D eigenvalue weighted by molar-refractivity contribution is -0.164. The molecule has 1 aromatic carbocycles. The third kappa shape index (κ3) is 2.93. The molecule has 1 aliphatic rings. The van der Waals surface area contributed by atoms with Crippen molar-refractivity contribution in [3.8, 4) is 0 Å². The van der Waals surface area contributed by atoms with E-state index in [2.05, 4.69) is 0 Å². The Morgan fingerprint density at radius 1 is 1.33 bits per heavy atom. The molecule has 0 fully saturated rings. The van der Waals surface area contributed by atoms with Crippen molar-refractivity contribution in [2.24, 2.45) is 5.73 Å². The first-order valence-electron chi connectivity index (χ1n) is 6.98. The quantitative estimate of drug-likeness (QED) is 0.811. The number of hydrogen-bond donors (Lipinski definition) is 2. The molecule has 114 valence electrons. The Bertz CT molecular complexity index is 576. The molecule has 2 rings (SSSR count). The number of aryl methyl sites for hydroxylation is 1. The number of esters is 1. The van der Waals surface area contributed by atoms with Crippen LogP contribution in [0, 0.1) is 0 Å². The van der Waals surface area contributed by atoms with E-state index in [0.717, 1.165) is 5.56 Å². The average Bonchev–Trinajstić information content (AvgIpc) is 2.36. The van der Waals surface area contributed by atoms with Crippen LogP contribution in [0.1, 0.15) is 44.2 Å². The summed E-state index contributed by atoms with van der Waals surface area (Å²) in [5, 5.41) is 9.51. The van der Waals surface area contributed by atoms with Gasteiger partial charge in [-0.25, -0.2) is 0 Å². The minimum Gasteiger partial charge on any atom is -0.480 e. The highest BCUT2D eigenvalue weighted by molar-refractivity contribution is 5.92. The van der Waals surface area contributed by atoms with E-state index in [1.807, 2.05) is 12.1 Å². The van der Waals surface area contributed by atoms with Crippen molar-refractivity contribution in [3.63, 3.8) is 0 Å². The Morgan fingerprint density at radius 2 is 1.95 bits per heavy atom. The fourth-order valence-electron chi connectivity index (χ4n) is 2.74. The minimum absolute atomic E-state index is 0.212. The fourth-order valence-corrected chi connectivity index (χ4v) is 2.74. The number of rotatable bonds is 2. The van der Waals surface area contributed by atoms with Crippen LogP contribution >= 0.6 is 0 Å². The highest BCUT2D eigenvalue weighted by Crippen LogP contribution is 2.39. The largest absolute Gasteiger partial charge is 0.480 e. The van der Waals surface area contributed by atoms with Gasteiger partial charge in [-0.1, -0.05) is 24.3 Å². The molecule has 1 aromatic rings. The smallest absolute Gasteiger partial charge is 0.324 e. The van der Waals surface area contributed by atoms with Crippen LogP contribution in [0.4, 0.5) is 0 Å². The van der Waals surface area contributed by atoms with Crippen molar-refractivity contribution in [2.75, 3.05) is 0 Å². The number of fused-ring (bicyclic) bond motifs is 1. The van der Waals surface area contributed by atoms with Crippen LogP contribution in [0.15, 0.2) is 24.3 Å². The Balaban J connectivity index is 2.49. The van der Waals surface area contributed by atoms with Crippen molar-refractivity contribution in [3.05, 3.63) is 35.4 Å². The number of carboxylic acid groups (broad SMARTS) is 1. The van der Waals surface area contributed by atoms with Crippen LogP contribution in [0.3, 0.4) is 0 Å². The normalized spacial score (nSPS) is 25.0. The van der Waals surface area contributed by atoms with E-state index >= 15 is 0 Å². The summed E-state index contributed by atoms with van der Waals surface area (Å²) in [4.78, 5) is 24.2. The van der Waals surface area contributed by atoms with E-state index in [1.54, 1.807) is 32.9 Å². The van der Waals surface area contributed by atoms with Gasteiger partial charge in [-0.15, -0.1) is 0 Å². The van der Waals surface area contributed by atoms with E-state index in [4.69, 9.17) is 10.5 Å². The van der Waals surface area contributed by atoms with Crippen molar-refractivity contribution >= 4 is 11.9 Å². The number of ether oxygens (including phenoxy) is 1. The Kier molecular flexibility index (Phi) is 3.80. The predicted octanol–water partition coefficient (Wildman–Crippen LogP) is 1.84. The Hall–Kier alpha value is -1.88. The van der Waals surface area contributed by atoms with E-state index in [1.165, 1.54) is 0 Å². The number of carbonyl (C=O) groups excluding carboxylic acids is 1. The summed E-state index contributed by atoms with van der Waals surface area (Å²) < 4.78 is 5.40. The van der Waals surface area contributed by atoms with Crippen LogP contribution in [0.25, 0.3) is 0 Å². The SMILES string of the molecule is CC(C)(C)OC(=O)[C@@H]1c2ccccc2CC[C@@]1(N)C(=O)O. The fraction of sp³-hybridized carbons (Fsp3) is 0.500. The maximum absolute atomic E-state index is 12.5. The highest BCUT2D eigenvalue weighted by atomic mass is 16.6. The lowest BCUT2D eigenvalue weighted by Gasteiger charge is -2.38. The second-order valence-corrected chi connectivity index (χ2v) is 6.51. The first kappa shape index (κ1) is 15.5. The van der Waals surface area contributed by atoms with E-state index in [-0.39, 0.29) is 6.42 Å². The zero-order valence-electron chi connectivity index (χ0n) is 12.6. The predicted molar refractivity (Wildman–Crippen MR) is 77.9 cm³/mol. The van der Waals surface area contributed by atoms with E-state index < -0.39 is 29.0 Å². The molecule has 2 atom stereocenters. The number of carbonyl (C=O) groups is 2. The molecule has 21 heavy (non-hydrogen) atoms. The summed E-state index contributed by atoms with van der Waals surface area (Å²) in [6, 6.07) is 7.31. The monoisotopic (exact) mass is 291 g/mol. The topological polar surface area (TPSA) is 89.6 Å². The van der Waals surface area contributed by atoms with Gasteiger partial charge < -0.3 is 15.6 Å². The van der Waals surface area contributed by atoms with E-state index in [9.17, 15) is 14.7 Å². The number of nitrogens with two attached hydrogens (primary N) is 1. The van der Waals surface area contributed by atoms with Crippen LogP contribution < -0.4 is 5.73 Å². The van der Waals surface area contributed by atoms with Crippen LogP contribution in [0.2, 0.25) is 0 Å². The van der Waals surface area contributed by atoms with Crippen molar-refractivity contribution in [1.82, 2.24) is 0 Å². The molecule has 0 amide bonds. The van der Waals surface area contributed by atoms with Gasteiger partial charge in [0.05, 0.1) is 0 Å². The summed E-state index contributed by atoms with van der Waals surface area (Å²) >= 11 is 0. The number of benzene rings is 1. The van der Waals surface area contributed by atoms with Gasteiger partial charge in [0, 0.05) is 0 Å². The Labute approximate surface area is 124 Å². The van der Waals surface area contributed by atoms with Crippen molar-refractivity contribution in [1.29, 1.82) is 0 Å². The number of carboxylic acids is 1. The van der Waals surface area contributed by atoms with Crippen molar-refractivity contribution < 1.29 is 19.4 Å². The Morgan fingerprint density at radius 3 is 2.52 bits per heavy atom. The maximum Gasteiger partial charge on any atom is 0.324 e. The molecule has 0 unspecified atom stereocenters. The molecule has 0 saturated heterocycles. The summed E-state index contributed by atoms with van der Waals surface area (Å²) in [5.41, 5.74) is 5.37. The molecule has 0 heterocycles. The molecule has 0 radical (unpaired) electrons. The van der Waals surface area contributed by atoms with Crippen LogP contribution in [0.5, 0.6) is 0 Å². The number of aliphatic carboxylic acids is 1. The molecule has 5 heteroatoms. The molecule has 0 bridgehead atoms. The maximum atomic E-state index is 12.5. The van der Waals surface area contributed by atoms with Gasteiger partial charge in [0.1, 0.15) is 17.1 Å². The molecule has 0 aliphatic heterocycles. The van der Waals surface area contributed by atoms with Gasteiger partial charge in [-0.2, -0.15) is 0 Å². The third-order valence-corrected chi connectivity index (χ3v) is 3.73. The first-order chi connectivity index (χ1) is 9.65. The van der Waals surface area contributed by atoms with Crippen molar-refractivity contribution in [2.45, 2.75) is 50.7 Å². The molecule has 5 nitrogen and oxygen atoms in total. The molecule has 1 aliphatic carbocycles. The first-order valence-corrected chi connectivity index (χ1v) is 6.98. The van der Waals surface area contributed by atoms with Crippen LogP contribution in [-0.4, -0.2) is 28.2 Å². The van der Waals surface area contributed by atoms with Gasteiger partial charge >= 0.3 is 11.9 Å². The zero-order chi connectivity index (χ0) is 15.8. The second-order valence-electron chi connectivity index (χ2n) is 6.51. The third-order valence-electron chi connectivity index (χ3n) is 3.73.